The van der Waals surface area contributed by atoms with Gasteiger partial charge in [-0.1, -0.05) is 48.0 Å². The summed E-state index contributed by atoms with van der Waals surface area (Å²) in [6.45, 7) is 8.27. The SMILES string of the molecule is CCN1C(N(C(=O)c2ccc(Cl)cc2)c2ccccc2)=Nc2ccccc2C1C(=O)NC(C)(C)C. The molecule has 2 amide bonds. The first-order valence-electron chi connectivity index (χ1n) is 11.6. The Labute approximate surface area is 211 Å². The summed E-state index contributed by atoms with van der Waals surface area (Å²) in [6, 6.07) is 23.0. The molecule has 0 aromatic heterocycles. The summed E-state index contributed by atoms with van der Waals surface area (Å²) in [5.41, 5.74) is 2.15. The van der Waals surface area contributed by atoms with Crippen molar-refractivity contribution in [2.24, 2.45) is 4.99 Å². The number of aliphatic imine (C=N–C) groups is 1. The van der Waals surface area contributed by atoms with Crippen molar-refractivity contribution < 1.29 is 9.59 Å². The van der Waals surface area contributed by atoms with Crippen molar-refractivity contribution in [3.8, 4) is 0 Å². The molecule has 1 aliphatic rings. The molecule has 1 aliphatic heterocycles. The van der Waals surface area contributed by atoms with E-state index in [1.165, 1.54) is 0 Å². The Bertz CT molecular complexity index is 1250. The van der Waals surface area contributed by atoms with Crippen LogP contribution in [-0.2, 0) is 4.79 Å². The van der Waals surface area contributed by atoms with Crippen LogP contribution < -0.4 is 10.2 Å². The van der Waals surface area contributed by atoms with Gasteiger partial charge in [0.25, 0.3) is 5.91 Å². The number of carbonyl (C=O) groups excluding carboxylic acids is 2. The van der Waals surface area contributed by atoms with Crippen LogP contribution in [0.15, 0.2) is 83.9 Å². The summed E-state index contributed by atoms with van der Waals surface area (Å²) in [5.74, 6) is -0.0167. The van der Waals surface area contributed by atoms with Gasteiger partial charge in [0.15, 0.2) is 0 Å². The monoisotopic (exact) mass is 488 g/mol. The van der Waals surface area contributed by atoms with Gasteiger partial charge in [-0.2, -0.15) is 0 Å². The molecule has 0 bridgehead atoms. The maximum absolute atomic E-state index is 13.9. The van der Waals surface area contributed by atoms with Crippen molar-refractivity contribution in [1.82, 2.24) is 10.2 Å². The number of rotatable bonds is 4. The number of guanidine groups is 1. The van der Waals surface area contributed by atoms with Crippen LogP contribution in [0.25, 0.3) is 0 Å². The molecule has 1 atom stereocenters. The standard InChI is InChI=1S/C28H29ClN4O2/c1-5-32-24(25(34)31-28(2,3)4)22-13-9-10-14-23(22)30-27(32)33(21-11-7-6-8-12-21)26(35)19-15-17-20(29)18-16-19/h6-18,24H,5H2,1-4H3,(H,31,34). The highest BCUT2D eigenvalue weighted by Gasteiger charge is 2.39. The molecule has 3 aromatic rings. The molecule has 7 heteroatoms. The summed E-state index contributed by atoms with van der Waals surface area (Å²) >= 11 is 6.07. The van der Waals surface area contributed by atoms with Crippen molar-refractivity contribution in [2.75, 3.05) is 11.4 Å². The van der Waals surface area contributed by atoms with E-state index in [4.69, 9.17) is 16.6 Å². The number of likely N-dealkylation sites (N-methyl/N-ethyl adjacent to an activating group) is 1. The molecule has 3 aromatic carbocycles. The quantitative estimate of drug-likeness (QED) is 0.492. The average Bonchev–Trinajstić information content (AvgIpc) is 2.83. The molecular formula is C28H29ClN4O2. The Hall–Kier alpha value is -3.64. The minimum atomic E-state index is -0.646. The number of fused-ring (bicyclic) bond motifs is 1. The third-order valence-electron chi connectivity index (χ3n) is 5.62. The fourth-order valence-corrected chi connectivity index (χ4v) is 4.25. The van der Waals surface area contributed by atoms with Gasteiger partial charge in [-0.05, 0) is 70.2 Å². The highest BCUT2D eigenvalue weighted by molar-refractivity contribution is 6.31. The zero-order chi connectivity index (χ0) is 25.2. The van der Waals surface area contributed by atoms with E-state index in [0.717, 1.165) is 5.56 Å². The fraction of sp³-hybridized carbons (Fsp3) is 0.250. The van der Waals surface area contributed by atoms with Crippen LogP contribution in [0, 0.1) is 0 Å². The normalized spacial score (nSPS) is 15.2. The smallest absolute Gasteiger partial charge is 0.265 e. The number of nitrogens with one attached hydrogen (secondary N) is 1. The highest BCUT2D eigenvalue weighted by atomic mass is 35.5. The number of halogens is 1. The van der Waals surface area contributed by atoms with E-state index in [1.54, 1.807) is 29.2 Å². The Kier molecular flexibility index (Phi) is 6.94. The van der Waals surface area contributed by atoms with Crippen LogP contribution in [-0.4, -0.2) is 34.8 Å². The lowest BCUT2D eigenvalue weighted by Crippen LogP contribution is -2.55. The van der Waals surface area contributed by atoms with Crippen LogP contribution in [0.5, 0.6) is 0 Å². The first kappa shape index (κ1) is 24.5. The van der Waals surface area contributed by atoms with Crippen molar-refractivity contribution in [3.63, 3.8) is 0 Å². The molecular weight excluding hydrogens is 460 g/mol. The molecule has 0 fully saturated rings. The third-order valence-corrected chi connectivity index (χ3v) is 5.87. The topological polar surface area (TPSA) is 65.0 Å². The predicted octanol–water partition coefficient (Wildman–Crippen LogP) is 5.97. The second-order valence-electron chi connectivity index (χ2n) is 9.38. The van der Waals surface area contributed by atoms with Crippen LogP contribution >= 0.6 is 11.6 Å². The largest absolute Gasteiger partial charge is 0.349 e. The number of carbonyl (C=O) groups is 2. The summed E-state index contributed by atoms with van der Waals surface area (Å²) in [6.07, 6.45) is 0. The summed E-state index contributed by atoms with van der Waals surface area (Å²) in [7, 11) is 0. The maximum Gasteiger partial charge on any atom is 0.265 e. The molecule has 0 aliphatic carbocycles. The average molecular weight is 489 g/mol. The van der Waals surface area contributed by atoms with Gasteiger partial charge in [-0.15, -0.1) is 0 Å². The van der Waals surface area contributed by atoms with Gasteiger partial charge >= 0.3 is 0 Å². The Morgan fingerprint density at radius 2 is 1.60 bits per heavy atom. The summed E-state index contributed by atoms with van der Waals surface area (Å²) in [4.78, 5) is 35.9. The molecule has 35 heavy (non-hydrogen) atoms. The van der Waals surface area contributed by atoms with E-state index in [1.807, 2.05) is 87.2 Å². The van der Waals surface area contributed by atoms with Gasteiger partial charge in [-0.25, -0.2) is 9.89 Å². The fourth-order valence-electron chi connectivity index (χ4n) is 4.12. The lowest BCUT2D eigenvalue weighted by molar-refractivity contribution is -0.126. The summed E-state index contributed by atoms with van der Waals surface area (Å²) in [5, 5.41) is 3.65. The summed E-state index contributed by atoms with van der Waals surface area (Å²) < 4.78 is 0. The van der Waals surface area contributed by atoms with E-state index in [9.17, 15) is 9.59 Å². The van der Waals surface area contributed by atoms with Crippen molar-refractivity contribution in [3.05, 3.63) is 95.0 Å². The van der Waals surface area contributed by atoms with Gasteiger partial charge < -0.3 is 10.2 Å². The zero-order valence-electron chi connectivity index (χ0n) is 20.3. The van der Waals surface area contributed by atoms with Gasteiger partial charge in [0.1, 0.15) is 6.04 Å². The number of benzene rings is 3. The number of amides is 2. The van der Waals surface area contributed by atoms with Crippen molar-refractivity contribution in [2.45, 2.75) is 39.3 Å². The molecule has 0 radical (unpaired) electrons. The van der Waals surface area contributed by atoms with E-state index < -0.39 is 11.6 Å². The lowest BCUT2D eigenvalue weighted by atomic mass is 9.98. The molecule has 0 saturated carbocycles. The molecule has 1 unspecified atom stereocenters. The van der Waals surface area contributed by atoms with Gasteiger partial charge in [-0.3, -0.25) is 9.59 Å². The number of nitrogens with zero attached hydrogens (tertiary/aromatic N) is 3. The van der Waals surface area contributed by atoms with E-state index >= 15 is 0 Å². The van der Waals surface area contributed by atoms with Crippen molar-refractivity contribution >= 4 is 40.7 Å². The first-order valence-corrected chi connectivity index (χ1v) is 12.0. The Morgan fingerprint density at radius 1 is 0.971 bits per heavy atom. The molecule has 6 nitrogen and oxygen atoms in total. The number of para-hydroxylation sites is 2. The number of hydrogen-bond donors (Lipinski definition) is 1. The lowest BCUT2D eigenvalue weighted by Gasteiger charge is -2.41. The van der Waals surface area contributed by atoms with Crippen LogP contribution in [0.3, 0.4) is 0 Å². The van der Waals surface area contributed by atoms with Crippen LogP contribution in [0.4, 0.5) is 11.4 Å². The van der Waals surface area contributed by atoms with Crippen molar-refractivity contribution in [1.29, 1.82) is 0 Å². The van der Waals surface area contributed by atoms with Crippen LogP contribution in [0.2, 0.25) is 5.02 Å². The van der Waals surface area contributed by atoms with Gasteiger partial charge in [0, 0.05) is 28.2 Å². The molecule has 4 rings (SSSR count). The Balaban J connectivity index is 1.89. The second kappa shape index (κ2) is 9.92. The van der Waals surface area contributed by atoms with Crippen LogP contribution in [0.1, 0.15) is 49.7 Å². The molecule has 1 heterocycles. The van der Waals surface area contributed by atoms with Gasteiger partial charge in [0.2, 0.25) is 11.9 Å². The number of anilines is 1. The minimum absolute atomic E-state index is 0.147. The van der Waals surface area contributed by atoms with E-state index in [2.05, 4.69) is 5.32 Å². The van der Waals surface area contributed by atoms with Gasteiger partial charge in [0.05, 0.1) is 11.4 Å². The molecule has 1 N–H and O–H groups in total. The predicted molar refractivity (Wildman–Crippen MR) is 141 cm³/mol. The molecule has 0 saturated heterocycles. The first-order chi connectivity index (χ1) is 16.7. The highest BCUT2D eigenvalue weighted by Crippen LogP contribution is 2.37. The minimum Gasteiger partial charge on any atom is -0.349 e. The van der Waals surface area contributed by atoms with E-state index in [-0.39, 0.29) is 11.8 Å². The maximum atomic E-state index is 13.9. The number of hydrogen-bond acceptors (Lipinski definition) is 4. The zero-order valence-corrected chi connectivity index (χ0v) is 21.1. The third kappa shape index (κ3) is 5.23. The second-order valence-corrected chi connectivity index (χ2v) is 9.82. The molecule has 0 spiro atoms. The Morgan fingerprint density at radius 3 is 2.23 bits per heavy atom. The van der Waals surface area contributed by atoms with E-state index in [0.29, 0.717) is 34.5 Å². The molecule has 180 valence electrons.